The highest BCUT2D eigenvalue weighted by molar-refractivity contribution is 5.96. The zero-order valence-corrected chi connectivity index (χ0v) is 9.37. The zero-order chi connectivity index (χ0) is 13.2. The molecule has 0 aliphatic heterocycles. The van der Waals surface area contributed by atoms with Gasteiger partial charge in [-0.15, -0.1) is 0 Å². The van der Waals surface area contributed by atoms with Crippen molar-refractivity contribution >= 4 is 11.8 Å². The van der Waals surface area contributed by atoms with Crippen molar-refractivity contribution in [1.82, 2.24) is 29.5 Å². The topological polar surface area (TPSA) is 109 Å². The van der Waals surface area contributed by atoms with Crippen LogP contribution in [0.25, 0.3) is 0 Å². The minimum absolute atomic E-state index is 0.0195. The minimum atomic E-state index is -0.518. The largest absolute Gasteiger partial charge is 0.446 e. The van der Waals surface area contributed by atoms with E-state index in [0.717, 1.165) is 9.36 Å². The summed E-state index contributed by atoms with van der Waals surface area (Å²) in [5.74, 6) is -1.08. The van der Waals surface area contributed by atoms with Gasteiger partial charge in [0.15, 0.2) is 11.5 Å². The van der Waals surface area contributed by atoms with Gasteiger partial charge in [-0.3, -0.25) is 9.59 Å². The molecule has 0 amide bonds. The van der Waals surface area contributed by atoms with Gasteiger partial charge in [-0.1, -0.05) is 0 Å². The molecule has 3 heterocycles. The Morgan fingerprint density at radius 1 is 0.895 bits per heavy atom. The van der Waals surface area contributed by atoms with Gasteiger partial charge in [0, 0.05) is 0 Å². The van der Waals surface area contributed by atoms with Gasteiger partial charge >= 0.3 is 11.8 Å². The van der Waals surface area contributed by atoms with Crippen molar-refractivity contribution in [3.8, 4) is 0 Å². The van der Waals surface area contributed by atoms with Crippen molar-refractivity contribution in [1.29, 1.82) is 0 Å². The molecule has 0 saturated carbocycles. The number of furan rings is 1. The molecule has 0 fully saturated rings. The average Bonchev–Trinajstić information content (AvgIpc) is 3.16. The molecule has 0 unspecified atom stereocenters. The Morgan fingerprint density at radius 3 is 1.74 bits per heavy atom. The van der Waals surface area contributed by atoms with Gasteiger partial charge in [0.2, 0.25) is 0 Å². The Labute approximate surface area is 105 Å². The molecule has 0 radical (unpaired) electrons. The summed E-state index contributed by atoms with van der Waals surface area (Å²) in [6, 6.07) is 2.77. The lowest BCUT2D eigenvalue weighted by atomic mass is 10.4. The summed E-state index contributed by atoms with van der Waals surface area (Å²) in [5, 5.41) is 7.36. The molecule has 3 rings (SSSR count). The van der Waals surface area contributed by atoms with Crippen LogP contribution < -0.4 is 0 Å². The second-order valence-corrected chi connectivity index (χ2v) is 3.45. The summed E-state index contributed by atoms with van der Waals surface area (Å²) in [5.41, 5.74) is 0. The van der Waals surface area contributed by atoms with Gasteiger partial charge in [-0.2, -0.15) is 19.6 Å². The molecule has 0 atom stereocenters. The molecule has 3 aromatic heterocycles. The van der Waals surface area contributed by atoms with Crippen LogP contribution in [-0.2, 0) is 0 Å². The number of aromatic nitrogens is 6. The Kier molecular flexibility index (Phi) is 2.49. The van der Waals surface area contributed by atoms with Gasteiger partial charge in [0.1, 0.15) is 25.3 Å². The maximum absolute atomic E-state index is 11.9. The van der Waals surface area contributed by atoms with Crippen LogP contribution in [-0.4, -0.2) is 41.3 Å². The van der Waals surface area contributed by atoms with Gasteiger partial charge in [-0.25, -0.2) is 9.97 Å². The maximum Gasteiger partial charge on any atom is 0.315 e. The van der Waals surface area contributed by atoms with E-state index < -0.39 is 11.8 Å². The number of nitrogens with zero attached hydrogens (tertiary/aromatic N) is 6. The van der Waals surface area contributed by atoms with E-state index in [-0.39, 0.29) is 11.5 Å². The first-order valence-electron chi connectivity index (χ1n) is 5.14. The third kappa shape index (κ3) is 1.92. The van der Waals surface area contributed by atoms with Crippen LogP contribution in [0.3, 0.4) is 0 Å². The van der Waals surface area contributed by atoms with Crippen LogP contribution in [0, 0.1) is 0 Å². The van der Waals surface area contributed by atoms with Crippen molar-refractivity contribution < 1.29 is 14.0 Å². The second kappa shape index (κ2) is 4.29. The van der Waals surface area contributed by atoms with Gasteiger partial charge in [0.05, 0.1) is 0 Å². The van der Waals surface area contributed by atoms with Crippen molar-refractivity contribution in [3.05, 3.63) is 49.0 Å². The molecule has 0 aromatic carbocycles. The Bertz CT molecular complexity index is 652. The van der Waals surface area contributed by atoms with Crippen LogP contribution in [0.2, 0.25) is 0 Å². The van der Waals surface area contributed by atoms with E-state index in [9.17, 15) is 9.59 Å². The number of rotatable bonds is 2. The van der Waals surface area contributed by atoms with Crippen LogP contribution in [0.4, 0.5) is 0 Å². The summed E-state index contributed by atoms with van der Waals surface area (Å²) in [7, 11) is 0. The summed E-state index contributed by atoms with van der Waals surface area (Å²) in [6.07, 6.45) is 4.93. The van der Waals surface area contributed by atoms with Gasteiger partial charge < -0.3 is 4.42 Å². The van der Waals surface area contributed by atoms with E-state index in [1.165, 1.54) is 37.4 Å². The van der Waals surface area contributed by atoms with Gasteiger partial charge in [0.25, 0.3) is 0 Å². The molecule has 9 heteroatoms. The molecular formula is C10H6N6O3. The van der Waals surface area contributed by atoms with Crippen LogP contribution in [0.5, 0.6) is 0 Å². The van der Waals surface area contributed by atoms with E-state index in [1.807, 2.05) is 0 Å². The van der Waals surface area contributed by atoms with Crippen molar-refractivity contribution in [3.63, 3.8) is 0 Å². The minimum Gasteiger partial charge on any atom is -0.446 e. The van der Waals surface area contributed by atoms with E-state index >= 15 is 0 Å². The molecule has 0 N–H and O–H groups in total. The number of carbonyl (C=O) groups is 2. The Hall–Kier alpha value is -3.10. The SMILES string of the molecule is O=C(c1ccc(C(=O)n2cncn2)o1)n1cncn1. The molecule has 9 nitrogen and oxygen atoms in total. The predicted octanol–water partition coefficient (Wildman–Crippen LogP) is -0.160. The molecule has 3 aromatic rings. The van der Waals surface area contributed by atoms with E-state index in [2.05, 4.69) is 20.2 Å². The molecule has 0 spiro atoms. The smallest absolute Gasteiger partial charge is 0.315 e. The number of carbonyl (C=O) groups excluding carboxylic acids is 2. The lowest BCUT2D eigenvalue weighted by molar-refractivity contribution is 0.0891. The first-order valence-corrected chi connectivity index (χ1v) is 5.14. The quantitative estimate of drug-likeness (QED) is 0.628. The van der Waals surface area contributed by atoms with Crippen LogP contribution in [0.15, 0.2) is 41.9 Å². The van der Waals surface area contributed by atoms with Crippen molar-refractivity contribution in [2.75, 3.05) is 0 Å². The van der Waals surface area contributed by atoms with Crippen LogP contribution >= 0.6 is 0 Å². The maximum atomic E-state index is 11.9. The predicted molar refractivity (Wildman–Crippen MR) is 58.2 cm³/mol. The van der Waals surface area contributed by atoms with Crippen molar-refractivity contribution in [2.45, 2.75) is 0 Å². The Balaban J connectivity index is 1.88. The third-order valence-electron chi connectivity index (χ3n) is 2.28. The summed E-state index contributed by atoms with van der Waals surface area (Å²) < 4.78 is 7.18. The highest BCUT2D eigenvalue weighted by Crippen LogP contribution is 2.10. The molecule has 0 aliphatic rings. The molecule has 0 aliphatic carbocycles. The zero-order valence-electron chi connectivity index (χ0n) is 9.37. The molecular weight excluding hydrogens is 252 g/mol. The highest BCUT2D eigenvalue weighted by atomic mass is 16.4. The normalized spacial score (nSPS) is 10.5. The van der Waals surface area contributed by atoms with E-state index in [1.54, 1.807) is 0 Å². The standard InChI is InChI=1S/C10H6N6O3/c17-9(15-5-11-3-13-15)7-1-2-8(19-7)10(18)16-6-12-4-14-16/h1-6H. The van der Waals surface area contributed by atoms with E-state index in [4.69, 9.17) is 4.42 Å². The van der Waals surface area contributed by atoms with Gasteiger partial charge in [-0.05, 0) is 12.1 Å². The average molecular weight is 258 g/mol. The van der Waals surface area contributed by atoms with Crippen LogP contribution in [0.1, 0.15) is 21.1 Å². The fraction of sp³-hybridized carbons (Fsp3) is 0. The summed E-state index contributed by atoms with van der Waals surface area (Å²) in [4.78, 5) is 31.0. The monoisotopic (exact) mass is 258 g/mol. The molecule has 94 valence electrons. The summed E-state index contributed by atoms with van der Waals surface area (Å²) in [6.45, 7) is 0. The molecule has 0 bridgehead atoms. The fourth-order valence-corrected chi connectivity index (χ4v) is 1.42. The first-order chi connectivity index (χ1) is 9.25. The lowest BCUT2D eigenvalue weighted by Gasteiger charge is -1.96. The van der Waals surface area contributed by atoms with Crippen molar-refractivity contribution in [2.24, 2.45) is 0 Å². The first kappa shape index (κ1) is 11.0. The Morgan fingerprint density at radius 2 is 1.37 bits per heavy atom. The second-order valence-electron chi connectivity index (χ2n) is 3.45. The number of hydrogen-bond donors (Lipinski definition) is 0. The highest BCUT2D eigenvalue weighted by Gasteiger charge is 2.18. The van der Waals surface area contributed by atoms with E-state index in [0.29, 0.717) is 0 Å². The summed E-state index contributed by atoms with van der Waals surface area (Å²) >= 11 is 0. The lowest BCUT2D eigenvalue weighted by Crippen LogP contribution is -2.13. The molecule has 19 heavy (non-hydrogen) atoms. The third-order valence-corrected chi connectivity index (χ3v) is 2.28. The fourth-order valence-electron chi connectivity index (χ4n) is 1.42. The number of hydrogen-bond acceptors (Lipinski definition) is 7. The molecule has 0 saturated heterocycles.